The van der Waals surface area contributed by atoms with Crippen molar-refractivity contribution in [2.75, 3.05) is 0 Å². The maximum Gasteiger partial charge on any atom is 0.327 e. The fourth-order valence-electron chi connectivity index (χ4n) is 1.77. The van der Waals surface area contributed by atoms with Crippen LogP contribution in [0.1, 0.15) is 33.1 Å². The van der Waals surface area contributed by atoms with E-state index in [-0.39, 0.29) is 30.6 Å². The summed E-state index contributed by atoms with van der Waals surface area (Å²) in [6.07, 6.45) is 1.06. The second-order valence-electron chi connectivity index (χ2n) is 4.04. The molecule has 1 heterocycles. The van der Waals surface area contributed by atoms with Gasteiger partial charge >= 0.3 is 5.97 Å². The lowest BCUT2D eigenvalue weighted by atomic mass is 9.99. The Morgan fingerprint density at radius 1 is 1.27 bits per heavy atom. The Hall–Kier alpha value is -1.39. The first-order chi connectivity index (χ1) is 6.95. The van der Waals surface area contributed by atoms with Gasteiger partial charge in [-0.2, -0.15) is 0 Å². The van der Waals surface area contributed by atoms with E-state index in [9.17, 15) is 14.4 Å². The Morgan fingerprint density at radius 3 is 2.07 bits per heavy atom. The lowest BCUT2D eigenvalue weighted by molar-refractivity contribution is -0.162. The molecule has 1 fully saturated rings. The Labute approximate surface area is 88.1 Å². The molecule has 1 N–H and O–H groups in total. The molecular formula is C10H15NO4. The van der Waals surface area contributed by atoms with Gasteiger partial charge in [0.25, 0.3) is 0 Å². The molecule has 1 aliphatic rings. The average Bonchev–Trinajstić information content (AvgIpc) is 2.09. The smallest absolute Gasteiger partial charge is 0.327 e. The van der Waals surface area contributed by atoms with E-state index in [4.69, 9.17) is 5.11 Å². The molecule has 0 spiro atoms. The maximum absolute atomic E-state index is 11.5. The molecule has 0 aromatic rings. The minimum Gasteiger partial charge on any atom is -0.480 e. The molecule has 0 saturated carbocycles. The fraction of sp³-hybridized carbons (Fsp3) is 0.700. The van der Waals surface area contributed by atoms with Crippen LogP contribution in [-0.4, -0.2) is 33.8 Å². The van der Waals surface area contributed by atoms with Crippen LogP contribution < -0.4 is 0 Å². The highest BCUT2D eigenvalue weighted by Gasteiger charge is 2.38. The Balaban J connectivity index is 2.94. The zero-order chi connectivity index (χ0) is 11.6. The van der Waals surface area contributed by atoms with Crippen molar-refractivity contribution in [3.8, 4) is 0 Å². The zero-order valence-corrected chi connectivity index (χ0v) is 8.90. The highest BCUT2D eigenvalue weighted by molar-refractivity contribution is 6.01. The van der Waals surface area contributed by atoms with Gasteiger partial charge in [0.05, 0.1) is 0 Å². The molecule has 2 amide bonds. The van der Waals surface area contributed by atoms with Crippen molar-refractivity contribution >= 4 is 17.8 Å². The summed E-state index contributed by atoms with van der Waals surface area (Å²) < 4.78 is 0. The number of imide groups is 1. The van der Waals surface area contributed by atoms with Crippen molar-refractivity contribution in [1.29, 1.82) is 0 Å². The summed E-state index contributed by atoms with van der Waals surface area (Å²) in [5.74, 6) is -2.12. The van der Waals surface area contributed by atoms with Crippen LogP contribution in [0, 0.1) is 5.92 Å². The van der Waals surface area contributed by atoms with E-state index in [0.717, 1.165) is 4.90 Å². The summed E-state index contributed by atoms with van der Waals surface area (Å²) in [5, 5.41) is 8.99. The lowest BCUT2D eigenvalue weighted by Gasteiger charge is -2.32. The van der Waals surface area contributed by atoms with Crippen LogP contribution in [0.15, 0.2) is 0 Å². The van der Waals surface area contributed by atoms with Crippen LogP contribution in [0.3, 0.4) is 0 Å². The van der Waals surface area contributed by atoms with Gasteiger partial charge in [-0.25, -0.2) is 4.79 Å². The molecule has 1 aliphatic heterocycles. The molecule has 15 heavy (non-hydrogen) atoms. The standard InChI is InChI=1S/C10H15NO4/c1-6(2)9(10(14)15)11-7(12)4-3-5-8(11)13/h6,9H,3-5H2,1-2H3,(H,14,15)/t9-/m0/s1. The predicted octanol–water partition coefficient (Wildman–Crippen LogP) is 0.635. The molecular weight excluding hydrogens is 198 g/mol. The van der Waals surface area contributed by atoms with E-state index in [1.54, 1.807) is 13.8 Å². The Bertz CT molecular complexity index is 282. The van der Waals surface area contributed by atoms with Gasteiger partial charge in [0, 0.05) is 12.8 Å². The number of hydrogen-bond donors (Lipinski definition) is 1. The largest absolute Gasteiger partial charge is 0.480 e. The molecule has 5 heteroatoms. The first kappa shape index (κ1) is 11.7. The monoisotopic (exact) mass is 213 g/mol. The summed E-state index contributed by atoms with van der Waals surface area (Å²) in [6, 6.07) is -1.02. The van der Waals surface area contributed by atoms with E-state index in [2.05, 4.69) is 0 Å². The quantitative estimate of drug-likeness (QED) is 0.698. The molecule has 1 rings (SSSR count). The second kappa shape index (κ2) is 4.42. The third-order valence-electron chi connectivity index (χ3n) is 2.48. The van der Waals surface area contributed by atoms with Crippen molar-refractivity contribution in [1.82, 2.24) is 4.90 Å². The van der Waals surface area contributed by atoms with Crippen LogP contribution in [-0.2, 0) is 14.4 Å². The van der Waals surface area contributed by atoms with Crippen molar-refractivity contribution in [2.24, 2.45) is 5.92 Å². The van der Waals surface area contributed by atoms with Gasteiger partial charge in [-0.05, 0) is 12.3 Å². The topological polar surface area (TPSA) is 74.7 Å². The van der Waals surface area contributed by atoms with E-state index in [0.29, 0.717) is 6.42 Å². The summed E-state index contributed by atoms with van der Waals surface area (Å²) in [7, 11) is 0. The number of amides is 2. The highest BCUT2D eigenvalue weighted by Crippen LogP contribution is 2.20. The van der Waals surface area contributed by atoms with Crippen molar-refractivity contribution < 1.29 is 19.5 Å². The van der Waals surface area contributed by atoms with Crippen LogP contribution >= 0.6 is 0 Å². The number of carbonyl (C=O) groups is 3. The zero-order valence-electron chi connectivity index (χ0n) is 8.90. The summed E-state index contributed by atoms with van der Waals surface area (Å²) in [6.45, 7) is 3.38. The lowest BCUT2D eigenvalue weighted by Crippen LogP contribution is -2.52. The molecule has 0 unspecified atom stereocenters. The Morgan fingerprint density at radius 2 is 1.73 bits per heavy atom. The number of hydrogen-bond acceptors (Lipinski definition) is 3. The third-order valence-corrected chi connectivity index (χ3v) is 2.48. The number of nitrogens with zero attached hydrogens (tertiary/aromatic N) is 1. The molecule has 0 aliphatic carbocycles. The fourth-order valence-corrected chi connectivity index (χ4v) is 1.77. The second-order valence-corrected chi connectivity index (χ2v) is 4.04. The molecule has 5 nitrogen and oxygen atoms in total. The van der Waals surface area contributed by atoms with Crippen LogP contribution in [0.25, 0.3) is 0 Å². The Kier molecular flexibility index (Phi) is 3.44. The number of carboxylic acids is 1. The van der Waals surface area contributed by atoms with Crippen molar-refractivity contribution in [3.63, 3.8) is 0 Å². The van der Waals surface area contributed by atoms with Gasteiger partial charge in [-0.15, -0.1) is 0 Å². The number of carbonyl (C=O) groups excluding carboxylic acids is 2. The first-order valence-corrected chi connectivity index (χ1v) is 5.03. The van der Waals surface area contributed by atoms with Crippen LogP contribution in [0.5, 0.6) is 0 Å². The molecule has 0 radical (unpaired) electrons. The van der Waals surface area contributed by atoms with Gasteiger partial charge in [0.1, 0.15) is 6.04 Å². The van der Waals surface area contributed by atoms with Crippen molar-refractivity contribution in [3.05, 3.63) is 0 Å². The van der Waals surface area contributed by atoms with Crippen molar-refractivity contribution in [2.45, 2.75) is 39.2 Å². The van der Waals surface area contributed by atoms with E-state index in [1.807, 2.05) is 0 Å². The first-order valence-electron chi connectivity index (χ1n) is 5.03. The summed E-state index contributed by atoms with van der Waals surface area (Å²) in [5.41, 5.74) is 0. The van der Waals surface area contributed by atoms with Gasteiger partial charge < -0.3 is 5.11 Å². The number of aliphatic carboxylic acids is 1. The summed E-state index contributed by atoms with van der Waals surface area (Å²) in [4.78, 5) is 34.9. The predicted molar refractivity (Wildman–Crippen MR) is 52.0 cm³/mol. The molecule has 84 valence electrons. The SMILES string of the molecule is CC(C)[C@@H](C(=O)O)N1C(=O)CCCC1=O. The molecule has 1 saturated heterocycles. The van der Waals surface area contributed by atoms with Gasteiger partial charge in [0.2, 0.25) is 11.8 Å². The van der Waals surface area contributed by atoms with E-state index < -0.39 is 12.0 Å². The van der Waals surface area contributed by atoms with Gasteiger partial charge in [-0.1, -0.05) is 13.8 Å². The maximum atomic E-state index is 11.5. The minimum absolute atomic E-state index is 0.266. The third kappa shape index (κ3) is 2.34. The van der Waals surface area contributed by atoms with Gasteiger partial charge in [0.15, 0.2) is 0 Å². The number of likely N-dealkylation sites (tertiary alicyclic amines) is 1. The molecule has 0 bridgehead atoms. The normalized spacial score (nSPS) is 19.5. The number of carboxylic acid groups (broad SMARTS) is 1. The van der Waals surface area contributed by atoms with Gasteiger partial charge in [-0.3, -0.25) is 14.5 Å². The molecule has 0 aromatic carbocycles. The summed E-state index contributed by atoms with van der Waals surface area (Å²) >= 11 is 0. The van der Waals surface area contributed by atoms with Crippen LogP contribution in [0.4, 0.5) is 0 Å². The molecule has 1 atom stereocenters. The average molecular weight is 213 g/mol. The van der Waals surface area contributed by atoms with E-state index in [1.165, 1.54) is 0 Å². The number of rotatable bonds is 3. The van der Waals surface area contributed by atoms with E-state index >= 15 is 0 Å². The van der Waals surface area contributed by atoms with Crippen LogP contribution in [0.2, 0.25) is 0 Å². The number of piperidine rings is 1. The molecule has 0 aromatic heterocycles. The highest BCUT2D eigenvalue weighted by atomic mass is 16.4. The minimum atomic E-state index is -1.12.